The quantitative estimate of drug-likeness (QED) is 0.752. The van der Waals surface area contributed by atoms with Crippen molar-refractivity contribution in [1.29, 1.82) is 0 Å². The largest absolute Gasteiger partial charge is 0.394 e. The van der Waals surface area contributed by atoms with Crippen molar-refractivity contribution in [3.05, 3.63) is 42.3 Å². The van der Waals surface area contributed by atoms with Crippen molar-refractivity contribution in [1.82, 2.24) is 25.2 Å². The number of aryl methyl sites for hydroxylation is 1. The van der Waals surface area contributed by atoms with Crippen molar-refractivity contribution in [2.75, 3.05) is 24.8 Å². The Hall–Kier alpha value is -2.91. The number of aliphatic hydroxyl groups excluding tert-OH is 1. The lowest BCUT2D eigenvalue weighted by atomic mass is 10.1. The second-order valence-corrected chi connectivity index (χ2v) is 6.02. The monoisotopic (exact) mass is 356 g/mol. The highest BCUT2D eigenvalue weighted by atomic mass is 19.1. The molecule has 1 aliphatic heterocycles. The molecule has 0 saturated carbocycles. The predicted molar refractivity (Wildman–Crippen MR) is 91.6 cm³/mol. The summed E-state index contributed by atoms with van der Waals surface area (Å²) >= 11 is 0. The van der Waals surface area contributed by atoms with Crippen molar-refractivity contribution >= 4 is 5.69 Å². The third-order valence-corrected chi connectivity index (χ3v) is 4.22. The van der Waals surface area contributed by atoms with Crippen molar-refractivity contribution < 1.29 is 14.2 Å². The van der Waals surface area contributed by atoms with Gasteiger partial charge in [0.1, 0.15) is 24.3 Å². The second-order valence-electron chi connectivity index (χ2n) is 6.02. The lowest BCUT2D eigenvalue weighted by molar-refractivity contribution is 0.0645. The van der Waals surface area contributed by atoms with Gasteiger partial charge in [-0.15, -0.1) is 10.2 Å². The SMILES string of the molecule is Cn1nnc(-c2ccc(-c3ccc(N4CO[C@@H](CO)C4)cc3F)cn2)n1. The van der Waals surface area contributed by atoms with Gasteiger partial charge in [-0.25, -0.2) is 4.39 Å². The van der Waals surface area contributed by atoms with Gasteiger partial charge >= 0.3 is 0 Å². The number of aromatic nitrogens is 5. The molecule has 1 saturated heterocycles. The predicted octanol–water partition coefficient (Wildman–Crippen LogP) is 1.23. The molecule has 26 heavy (non-hydrogen) atoms. The summed E-state index contributed by atoms with van der Waals surface area (Å²) in [6.07, 6.45) is 1.36. The molecular weight excluding hydrogens is 339 g/mol. The maximum absolute atomic E-state index is 14.6. The van der Waals surface area contributed by atoms with E-state index in [2.05, 4.69) is 20.4 Å². The van der Waals surface area contributed by atoms with E-state index < -0.39 is 0 Å². The summed E-state index contributed by atoms with van der Waals surface area (Å²) in [5.74, 6) is 0.0736. The molecule has 0 amide bonds. The maximum Gasteiger partial charge on any atom is 0.223 e. The summed E-state index contributed by atoms with van der Waals surface area (Å²) in [5.41, 5.74) is 2.41. The molecule has 1 N–H and O–H groups in total. The Morgan fingerprint density at radius 3 is 2.81 bits per heavy atom. The smallest absolute Gasteiger partial charge is 0.223 e. The van der Waals surface area contributed by atoms with Crippen LogP contribution in [-0.2, 0) is 11.8 Å². The van der Waals surface area contributed by atoms with Crippen LogP contribution in [0.3, 0.4) is 0 Å². The van der Waals surface area contributed by atoms with Crippen LogP contribution in [0.15, 0.2) is 36.5 Å². The Balaban J connectivity index is 1.56. The van der Waals surface area contributed by atoms with Crippen LogP contribution in [0.4, 0.5) is 10.1 Å². The molecule has 4 rings (SSSR count). The van der Waals surface area contributed by atoms with Gasteiger partial charge in [0.05, 0.1) is 13.7 Å². The van der Waals surface area contributed by atoms with E-state index in [1.807, 2.05) is 11.0 Å². The summed E-state index contributed by atoms with van der Waals surface area (Å²) < 4.78 is 20.0. The van der Waals surface area contributed by atoms with Crippen molar-refractivity contribution in [3.8, 4) is 22.6 Å². The van der Waals surface area contributed by atoms with Gasteiger partial charge in [0, 0.05) is 29.6 Å². The molecule has 1 atom stereocenters. The fourth-order valence-corrected chi connectivity index (χ4v) is 2.84. The number of rotatable bonds is 4. The molecule has 0 spiro atoms. The minimum atomic E-state index is -0.345. The Morgan fingerprint density at radius 2 is 2.19 bits per heavy atom. The van der Waals surface area contributed by atoms with Crippen LogP contribution < -0.4 is 4.90 Å². The zero-order valence-corrected chi connectivity index (χ0v) is 14.1. The van der Waals surface area contributed by atoms with E-state index in [0.29, 0.717) is 35.9 Å². The second kappa shape index (κ2) is 6.77. The Bertz CT molecular complexity index is 914. The maximum atomic E-state index is 14.6. The number of benzene rings is 1. The Kier molecular flexibility index (Phi) is 4.31. The molecule has 0 radical (unpaired) electrons. The first kappa shape index (κ1) is 16.6. The van der Waals surface area contributed by atoms with E-state index >= 15 is 0 Å². The van der Waals surface area contributed by atoms with Crippen LogP contribution in [0, 0.1) is 5.82 Å². The topological polar surface area (TPSA) is 89.2 Å². The van der Waals surface area contributed by atoms with E-state index in [1.165, 1.54) is 10.9 Å². The molecular formula is C17H17FN6O2. The van der Waals surface area contributed by atoms with E-state index in [-0.39, 0.29) is 18.5 Å². The van der Waals surface area contributed by atoms with Gasteiger partial charge < -0.3 is 14.7 Å². The summed E-state index contributed by atoms with van der Waals surface area (Å²) in [4.78, 5) is 7.54. The molecule has 0 aliphatic carbocycles. The van der Waals surface area contributed by atoms with Gasteiger partial charge in [0.2, 0.25) is 5.82 Å². The van der Waals surface area contributed by atoms with Crippen molar-refractivity contribution in [2.45, 2.75) is 6.10 Å². The average molecular weight is 356 g/mol. The number of hydrogen-bond acceptors (Lipinski definition) is 7. The lowest BCUT2D eigenvalue weighted by Gasteiger charge is -2.17. The third-order valence-electron chi connectivity index (χ3n) is 4.22. The van der Waals surface area contributed by atoms with Gasteiger partial charge in [0.15, 0.2) is 0 Å². The van der Waals surface area contributed by atoms with Crippen LogP contribution in [0.25, 0.3) is 22.6 Å². The molecule has 1 aliphatic rings. The highest BCUT2D eigenvalue weighted by molar-refractivity contribution is 5.68. The third kappa shape index (κ3) is 3.14. The zero-order valence-electron chi connectivity index (χ0n) is 14.1. The number of ether oxygens (including phenoxy) is 1. The normalized spacial score (nSPS) is 17.0. The molecule has 9 heteroatoms. The molecule has 0 unspecified atom stereocenters. The van der Waals surface area contributed by atoms with Crippen LogP contribution in [-0.4, -0.2) is 56.3 Å². The van der Waals surface area contributed by atoms with Gasteiger partial charge in [0.25, 0.3) is 0 Å². The molecule has 2 aromatic heterocycles. The van der Waals surface area contributed by atoms with Crippen LogP contribution in [0.1, 0.15) is 0 Å². The Morgan fingerprint density at radius 1 is 1.31 bits per heavy atom. The van der Waals surface area contributed by atoms with Crippen molar-refractivity contribution in [2.24, 2.45) is 7.05 Å². The molecule has 1 fully saturated rings. The minimum absolute atomic E-state index is 0.0459. The zero-order chi connectivity index (χ0) is 18.1. The van der Waals surface area contributed by atoms with Crippen LogP contribution in [0.5, 0.6) is 0 Å². The minimum Gasteiger partial charge on any atom is -0.394 e. The Labute approximate surface area is 148 Å². The molecule has 1 aromatic carbocycles. The molecule has 0 bridgehead atoms. The van der Waals surface area contributed by atoms with E-state index in [4.69, 9.17) is 9.84 Å². The molecule has 3 heterocycles. The summed E-state index contributed by atoms with van der Waals surface area (Å²) in [6, 6.07) is 8.53. The van der Waals surface area contributed by atoms with Crippen LogP contribution >= 0.6 is 0 Å². The molecule has 8 nitrogen and oxygen atoms in total. The number of tetrazole rings is 1. The summed E-state index contributed by atoms with van der Waals surface area (Å²) in [7, 11) is 1.68. The van der Waals surface area contributed by atoms with Gasteiger partial charge in [-0.05, 0) is 29.5 Å². The standard InChI is InChI=1S/C17H17FN6O2/c1-23-21-17(20-22-23)16-5-2-11(7-19-16)14-4-3-12(6-15(14)18)24-8-13(9-25)26-10-24/h2-7,13,25H,8-10H2,1H3/t13-/m1/s1. The lowest BCUT2D eigenvalue weighted by Crippen LogP contribution is -2.23. The fraction of sp³-hybridized carbons (Fsp3) is 0.294. The van der Waals surface area contributed by atoms with Gasteiger partial charge in [-0.3, -0.25) is 4.98 Å². The number of nitrogens with zero attached hydrogens (tertiary/aromatic N) is 6. The summed E-state index contributed by atoms with van der Waals surface area (Å²) in [6.45, 7) is 0.831. The number of aliphatic hydroxyl groups is 1. The van der Waals surface area contributed by atoms with E-state index in [9.17, 15) is 4.39 Å². The first-order valence-electron chi connectivity index (χ1n) is 8.12. The fourth-order valence-electron chi connectivity index (χ4n) is 2.84. The molecule has 3 aromatic rings. The van der Waals surface area contributed by atoms with Crippen LogP contribution in [0.2, 0.25) is 0 Å². The highest BCUT2D eigenvalue weighted by Crippen LogP contribution is 2.28. The number of pyridine rings is 1. The van der Waals surface area contributed by atoms with Crippen molar-refractivity contribution in [3.63, 3.8) is 0 Å². The first-order chi connectivity index (χ1) is 12.6. The van der Waals surface area contributed by atoms with Gasteiger partial charge in [-0.1, -0.05) is 6.07 Å². The molecule has 134 valence electrons. The van der Waals surface area contributed by atoms with E-state index in [1.54, 1.807) is 31.4 Å². The number of hydrogen-bond donors (Lipinski definition) is 1. The number of anilines is 1. The summed E-state index contributed by atoms with van der Waals surface area (Å²) in [5, 5.41) is 20.9. The van der Waals surface area contributed by atoms with E-state index in [0.717, 1.165) is 5.69 Å². The highest BCUT2D eigenvalue weighted by Gasteiger charge is 2.23. The number of halogens is 1. The van der Waals surface area contributed by atoms with Gasteiger partial charge in [-0.2, -0.15) is 4.80 Å². The first-order valence-corrected chi connectivity index (χ1v) is 8.12. The average Bonchev–Trinajstić information content (AvgIpc) is 3.31.